The second kappa shape index (κ2) is 6.06. The summed E-state index contributed by atoms with van der Waals surface area (Å²) in [6, 6.07) is 6.56. The molecule has 2 aromatic rings. The number of halogens is 2. The summed E-state index contributed by atoms with van der Waals surface area (Å²) in [5.74, 6) is 5.78. The van der Waals surface area contributed by atoms with Gasteiger partial charge in [0.15, 0.2) is 0 Å². The Bertz CT molecular complexity index is 588. The Morgan fingerprint density at radius 2 is 1.68 bits per heavy atom. The molecule has 1 heterocycles. The van der Waals surface area contributed by atoms with Crippen LogP contribution in [0.2, 0.25) is 0 Å². The molecule has 1 atom stereocenters. The van der Waals surface area contributed by atoms with Crippen molar-refractivity contribution in [2.75, 3.05) is 0 Å². The fourth-order valence-corrected chi connectivity index (χ4v) is 4.29. The summed E-state index contributed by atoms with van der Waals surface area (Å²) in [5, 5.41) is 0. The highest BCUT2D eigenvalue weighted by Crippen LogP contribution is 2.38. The quantitative estimate of drug-likeness (QED) is 0.573. The topological polar surface area (TPSA) is 38.0 Å². The van der Waals surface area contributed by atoms with Crippen molar-refractivity contribution in [3.63, 3.8) is 0 Å². The van der Waals surface area contributed by atoms with Gasteiger partial charge >= 0.3 is 0 Å². The number of aryl methyl sites for hydroxylation is 3. The Balaban J connectivity index is 2.50. The Labute approximate surface area is 134 Å². The minimum atomic E-state index is 0.0203. The lowest BCUT2D eigenvalue weighted by Gasteiger charge is -2.19. The molecule has 1 aromatic carbocycles. The third-order valence-electron chi connectivity index (χ3n) is 3.31. The van der Waals surface area contributed by atoms with Crippen LogP contribution in [0, 0.1) is 20.8 Å². The first-order valence-electron chi connectivity index (χ1n) is 5.92. The van der Waals surface area contributed by atoms with Crippen LogP contribution < -0.4 is 11.3 Å². The van der Waals surface area contributed by atoms with Gasteiger partial charge in [-0.15, -0.1) is 11.3 Å². The normalized spacial score (nSPS) is 12.7. The number of hydrogen-bond acceptors (Lipinski definition) is 3. The fraction of sp³-hybridized carbons (Fsp3) is 0.286. The lowest BCUT2D eigenvalue weighted by Crippen LogP contribution is -2.28. The van der Waals surface area contributed by atoms with Crippen molar-refractivity contribution in [2.24, 2.45) is 5.84 Å². The average molecular weight is 404 g/mol. The van der Waals surface area contributed by atoms with Crippen LogP contribution in [0.25, 0.3) is 0 Å². The number of nitrogens with two attached hydrogens (primary N) is 1. The average Bonchev–Trinajstić information content (AvgIpc) is 2.67. The lowest BCUT2D eigenvalue weighted by atomic mass is 9.95. The van der Waals surface area contributed by atoms with Gasteiger partial charge in [-0.25, -0.2) is 5.43 Å². The van der Waals surface area contributed by atoms with E-state index in [0.29, 0.717) is 0 Å². The maximum atomic E-state index is 5.78. The van der Waals surface area contributed by atoms with Crippen molar-refractivity contribution in [2.45, 2.75) is 26.8 Å². The van der Waals surface area contributed by atoms with E-state index in [1.807, 2.05) is 0 Å². The highest BCUT2D eigenvalue weighted by Gasteiger charge is 2.19. The Morgan fingerprint density at radius 1 is 1.05 bits per heavy atom. The predicted molar refractivity (Wildman–Crippen MR) is 89.5 cm³/mol. The van der Waals surface area contributed by atoms with Gasteiger partial charge in [0.1, 0.15) is 0 Å². The van der Waals surface area contributed by atoms with Crippen LogP contribution in [0.15, 0.2) is 26.5 Å². The van der Waals surface area contributed by atoms with Gasteiger partial charge in [0.05, 0.1) is 9.83 Å². The van der Waals surface area contributed by atoms with Crippen LogP contribution in [0.4, 0.5) is 0 Å². The number of benzene rings is 1. The van der Waals surface area contributed by atoms with Gasteiger partial charge in [-0.1, -0.05) is 12.1 Å². The van der Waals surface area contributed by atoms with Crippen molar-refractivity contribution in [1.82, 2.24) is 5.43 Å². The van der Waals surface area contributed by atoms with E-state index in [0.717, 1.165) is 8.26 Å². The molecule has 0 radical (unpaired) electrons. The maximum Gasteiger partial charge on any atom is 0.0843 e. The first-order chi connectivity index (χ1) is 8.93. The maximum absolute atomic E-state index is 5.78. The molecule has 102 valence electrons. The molecule has 0 bridgehead atoms. The Kier molecular flexibility index (Phi) is 4.84. The van der Waals surface area contributed by atoms with E-state index in [1.54, 1.807) is 11.3 Å². The summed E-state index contributed by atoms with van der Waals surface area (Å²) >= 11 is 8.75. The van der Waals surface area contributed by atoms with Crippen molar-refractivity contribution in [3.05, 3.63) is 53.6 Å². The third-order valence-corrected chi connectivity index (χ3v) is 6.63. The van der Waals surface area contributed by atoms with Gasteiger partial charge in [0.2, 0.25) is 0 Å². The first kappa shape index (κ1) is 15.2. The number of thiophene rings is 1. The summed E-state index contributed by atoms with van der Waals surface area (Å²) in [7, 11) is 0. The molecule has 2 nitrogen and oxygen atoms in total. The van der Waals surface area contributed by atoms with Crippen molar-refractivity contribution in [3.8, 4) is 0 Å². The Hall–Kier alpha value is -0.200. The molecule has 0 saturated carbocycles. The molecular weight excluding hydrogens is 388 g/mol. The molecule has 0 saturated heterocycles. The first-order valence-corrected chi connectivity index (χ1v) is 8.33. The van der Waals surface area contributed by atoms with Crippen LogP contribution in [0.5, 0.6) is 0 Å². The summed E-state index contributed by atoms with van der Waals surface area (Å²) in [4.78, 5) is 1.19. The number of rotatable bonds is 3. The monoisotopic (exact) mass is 402 g/mol. The zero-order valence-electron chi connectivity index (χ0n) is 11.1. The molecular formula is C14H16Br2N2S. The largest absolute Gasteiger partial charge is 0.271 e. The summed E-state index contributed by atoms with van der Waals surface area (Å²) in [6.07, 6.45) is 0. The highest BCUT2D eigenvalue weighted by atomic mass is 79.9. The predicted octanol–water partition coefficient (Wildman–Crippen LogP) is 4.75. The summed E-state index contributed by atoms with van der Waals surface area (Å²) < 4.78 is 2.15. The smallest absolute Gasteiger partial charge is 0.0843 e. The molecule has 1 aromatic heterocycles. The number of nitrogens with one attached hydrogen (secondary N) is 1. The van der Waals surface area contributed by atoms with Gasteiger partial charge < -0.3 is 0 Å². The van der Waals surface area contributed by atoms with E-state index < -0.39 is 0 Å². The minimum absolute atomic E-state index is 0.0203. The van der Waals surface area contributed by atoms with Crippen LogP contribution >= 0.6 is 43.2 Å². The van der Waals surface area contributed by atoms with E-state index in [9.17, 15) is 0 Å². The molecule has 19 heavy (non-hydrogen) atoms. The molecule has 0 spiro atoms. The van der Waals surface area contributed by atoms with E-state index in [-0.39, 0.29) is 6.04 Å². The van der Waals surface area contributed by atoms with Gasteiger partial charge in [-0.2, -0.15) is 0 Å². The zero-order chi connectivity index (χ0) is 14.2. The van der Waals surface area contributed by atoms with E-state index in [1.165, 1.54) is 27.1 Å². The SMILES string of the molecule is Cc1cc(C)c(C(NN)c2cc(Br)c(Br)s2)cc1C. The van der Waals surface area contributed by atoms with Crippen LogP contribution in [0.3, 0.4) is 0 Å². The second-order valence-corrected chi connectivity index (χ2v) is 7.92. The molecule has 5 heteroatoms. The van der Waals surface area contributed by atoms with Crippen LogP contribution in [0.1, 0.15) is 33.2 Å². The molecule has 0 fully saturated rings. The summed E-state index contributed by atoms with van der Waals surface area (Å²) in [5.41, 5.74) is 8.01. The number of hydrogen-bond donors (Lipinski definition) is 2. The molecule has 1 unspecified atom stereocenters. The van der Waals surface area contributed by atoms with E-state index >= 15 is 0 Å². The summed E-state index contributed by atoms with van der Waals surface area (Å²) in [6.45, 7) is 6.39. The molecule has 2 rings (SSSR count). The Morgan fingerprint density at radius 3 is 2.21 bits per heavy atom. The zero-order valence-corrected chi connectivity index (χ0v) is 15.0. The van der Waals surface area contributed by atoms with Crippen molar-refractivity contribution < 1.29 is 0 Å². The van der Waals surface area contributed by atoms with Gasteiger partial charge in [-0.3, -0.25) is 5.84 Å². The van der Waals surface area contributed by atoms with Gasteiger partial charge in [0.25, 0.3) is 0 Å². The molecule has 0 aliphatic heterocycles. The molecule has 0 amide bonds. The number of hydrazine groups is 1. The molecule has 0 aliphatic rings. The fourth-order valence-electron chi connectivity index (χ4n) is 2.12. The third kappa shape index (κ3) is 3.11. The van der Waals surface area contributed by atoms with Gasteiger partial charge in [-0.05, 0) is 81.0 Å². The van der Waals surface area contributed by atoms with E-state index in [2.05, 4.69) is 76.3 Å². The molecule has 3 N–H and O–H groups in total. The van der Waals surface area contributed by atoms with Crippen molar-refractivity contribution >= 4 is 43.2 Å². The standard InChI is InChI=1S/C14H16Br2N2S/c1-7-4-9(3)10(5-8(7)2)13(18-17)12-6-11(15)14(16)19-12/h4-6,13,18H,17H2,1-3H3. The molecule has 0 aliphatic carbocycles. The van der Waals surface area contributed by atoms with Crippen LogP contribution in [-0.2, 0) is 0 Å². The van der Waals surface area contributed by atoms with Crippen LogP contribution in [-0.4, -0.2) is 0 Å². The van der Waals surface area contributed by atoms with Gasteiger partial charge in [0, 0.05) is 9.35 Å². The lowest BCUT2D eigenvalue weighted by molar-refractivity contribution is 0.642. The minimum Gasteiger partial charge on any atom is -0.271 e. The highest BCUT2D eigenvalue weighted by molar-refractivity contribution is 9.13. The second-order valence-electron chi connectivity index (χ2n) is 4.66. The van der Waals surface area contributed by atoms with E-state index in [4.69, 9.17) is 5.84 Å². The van der Waals surface area contributed by atoms with Crippen molar-refractivity contribution in [1.29, 1.82) is 0 Å².